The molecule has 1 saturated heterocycles. The van der Waals surface area contributed by atoms with Crippen molar-refractivity contribution in [3.8, 4) is 23.6 Å². The van der Waals surface area contributed by atoms with Crippen LogP contribution in [0.2, 0.25) is 0 Å². The molecule has 0 radical (unpaired) electrons. The molecule has 0 aliphatic carbocycles. The van der Waals surface area contributed by atoms with Crippen LogP contribution in [0.5, 0.6) is 11.5 Å². The summed E-state index contributed by atoms with van der Waals surface area (Å²) < 4.78 is 58.9. The number of nitrogens with one attached hydrogen (secondary N) is 1. The van der Waals surface area contributed by atoms with Crippen LogP contribution in [0.4, 0.5) is 35.9 Å². The zero-order valence-corrected chi connectivity index (χ0v) is 41.8. The second kappa shape index (κ2) is 21.7. The molecule has 0 spiro atoms. The van der Waals surface area contributed by atoms with Crippen molar-refractivity contribution in [1.29, 1.82) is 10.5 Å². The summed E-state index contributed by atoms with van der Waals surface area (Å²) in [5.74, 6) is -0.301. The van der Waals surface area contributed by atoms with Crippen molar-refractivity contribution in [3.05, 3.63) is 127 Å². The Morgan fingerprint density at radius 3 is 1.86 bits per heavy atom. The van der Waals surface area contributed by atoms with Crippen LogP contribution in [0.1, 0.15) is 75.2 Å². The van der Waals surface area contributed by atoms with Crippen molar-refractivity contribution in [1.82, 2.24) is 18.8 Å². The van der Waals surface area contributed by atoms with E-state index in [0.29, 0.717) is 52.6 Å². The van der Waals surface area contributed by atoms with Gasteiger partial charge >= 0.3 is 12.1 Å². The van der Waals surface area contributed by atoms with Gasteiger partial charge in [0.15, 0.2) is 27.9 Å². The lowest BCUT2D eigenvalue weighted by Crippen LogP contribution is -2.44. The summed E-state index contributed by atoms with van der Waals surface area (Å²) in [7, 11) is 4.24. The number of carbonyl (C=O) groups is 2. The van der Waals surface area contributed by atoms with Crippen molar-refractivity contribution >= 4 is 80.6 Å². The number of esters is 1. The number of methoxy groups -OCH3 is 3. The number of alkyl halides is 3. The smallest absolute Gasteiger partial charge is 0.417 e. The van der Waals surface area contributed by atoms with Crippen LogP contribution < -0.4 is 35.7 Å². The number of carbonyl (C=O) groups excluding carboxylic acids is 2. The summed E-state index contributed by atoms with van der Waals surface area (Å²) in [5.41, 5.74) is 0.427. The Bertz CT molecular complexity index is 3350. The molecule has 0 atom stereocenters. The second-order valence-corrected chi connectivity index (χ2v) is 17.1. The van der Waals surface area contributed by atoms with Crippen LogP contribution >= 0.6 is 24.4 Å². The molecular formula is C49H47F3N10O7S2. The van der Waals surface area contributed by atoms with E-state index in [1.165, 1.54) is 65.5 Å². The van der Waals surface area contributed by atoms with E-state index in [1.54, 1.807) is 64.2 Å². The predicted octanol–water partition coefficient (Wildman–Crippen LogP) is 8.30. The van der Waals surface area contributed by atoms with Crippen molar-refractivity contribution in [2.24, 2.45) is 4.99 Å². The first kappa shape index (κ1) is 53.9. The van der Waals surface area contributed by atoms with Gasteiger partial charge in [-0.25, -0.2) is 14.8 Å². The van der Waals surface area contributed by atoms with Crippen molar-refractivity contribution in [3.63, 3.8) is 0 Å². The number of isothiocyanates is 1. The molecule has 368 valence electrons. The van der Waals surface area contributed by atoms with E-state index < -0.39 is 40.3 Å². The fourth-order valence-corrected chi connectivity index (χ4v) is 7.93. The topological polar surface area (TPSA) is 209 Å². The molecule has 2 aromatic carbocycles. The van der Waals surface area contributed by atoms with Gasteiger partial charge in [-0.1, -0.05) is 13.8 Å². The number of nitrogens with zero attached hydrogens (tertiary/aromatic N) is 9. The van der Waals surface area contributed by atoms with Crippen LogP contribution in [0.25, 0.3) is 11.3 Å². The third-order valence-electron chi connectivity index (χ3n) is 11.0. The highest BCUT2D eigenvalue weighted by Crippen LogP contribution is 2.40. The zero-order chi connectivity index (χ0) is 52.7. The van der Waals surface area contributed by atoms with E-state index in [4.69, 9.17) is 37.0 Å². The number of nitriles is 2. The average molecular weight is 1010 g/mol. The number of thiocarbonyl (C=S) groups is 2. The van der Waals surface area contributed by atoms with Crippen LogP contribution in [0.15, 0.2) is 87.6 Å². The molecule has 5 heterocycles. The number of fused-ring (bicyclic) bond motifs is 2. The van der Waals surface area contributed by atoms with Gasteiger partial charge in [0, 0.05) is 48.0 Å². The normalized spacial score (nSPS) is 12.9. The molecule has 7 rings (SSSR count). The number of aliphatic imine (C=N–C) groups is 1. The highest BCUT2D eigenvalue weighted by Gasteiger charge is 2.51. The number of hydrogen-bond acceptors (Lipinski definition) is 15. The average Bonchev–Trinajstić information content (AvgIpc) is 3.51. The molecule has 1 fully saturated rings. The second-order valence-electron chi connectivity index (χ2n) is 16.5. The maximum Gasteiger partial charge on any atom is 0.417 e. The molecule has 1 amide bonds. The Labute approximate surface area is 416 Å². The molecule has 0 bridgehead atoms. The molecule has 1 N–H and O–H groups in total. The Morgan fingerprint density at radius 1 is 0.817 bits per heavy atom. The lowest BCUT2D eigenvalue weighted by atomic mass is 10.0. The van der Waals surface area contributed by atoms with E-state index in [0.717, 1.165) is 28.3 Å². The first-order valence-corrected chi connectivity index (χ1v) is 22.2. The van der Waals surface area contributed by atoms with Crippen LogP contribution in [0, 0.1) is 29.6 Å². The van der Waals surface area contributed by atoms with Gasteiger partial charge in [-0.3, -0.25) is 28.1 Å². The fraction of sp³-hybridized carbons (Fsp3) is 0.306. The van der Waals surface area contributed by atoms with Gasteiger partial charge < -0.3 is 24.4 Å². The summed E-state index contributed by atoms with van der Waals surface area (Å²) in [6.07, 6.45) is -0.565. The van der Waals surface area contributed by atoms with Crippen molar-refractivity contribution in [2.75, 3.05) is 36.4 Å². The minimum absolute atomic E-state index is 0.101. The summed E-state index contributed by atoms with van der Waals surface area (Å²) >= 11 is 10.0. The zero-order valence-electron chi connectivity index (χ0n) is 40.2. The molecule has 71 heavy (non-hydrogen) atoms. The molecule has 1 aliphatic heterocycles. The Hall–Kier alpha value is -8.04. The molecule has 1 aliphatic rings. The monoisotopic (exact) mass is 1010 g/mol. The van der Waals surface area contributed by atoms with E-state index in [1.807, 2.05) is 20.8 Å². The maximum atomic E-state index is 13.6. The maximum absolute atomic E-state index is 13.6. The Kier molecular flexibility index (Phi) is 16.5. The van der Waals surface area contributed by atoms with E-state index in [-0.39, 0.29) is 33.3 Å². The summed E-state index contributed by atoms with van der Waals surface area (Å²) in [4.78, 5) is 65.4. The number of pyridine rings is 2. The highest BCUT2D eigenvalue weighted by atomic mass is 32.1. The van der Waals surface area contributed by atoms with Gasteiger partial charge in [0.2, 0.25) is 0 Å². The SMILES string of the molecule is CCc1cc(=O)n2cc(N3C(=S)N(c4ccc(C#N)c(C(F)(F)F)c4)C(=O)C3(C)C)cc(OC)c2n1.CCc1cc(=O)n2cc(NC(C)(C)C(=O)OC)cc(OC)c2n1.Cc1cc(N=C=S)ccc1C#N. The van der Waals surface area contributed by atoms with Gasteiger partial charge in [-0.15, -0.1) is 0 Å². The summed E-state index contributed by atoms with van der Waals surface area (Å²) in [6.45, 7) is 12.2. The molecule has 0 unspecified atom stereocenters. The van der Waals surface area contributed by atoms with E-state index in [2.05, 4.69) is 43.7 Å². The predicted molar refractivity (Wildman–Crippen MR) is 268 cm³/mol. The van der Waals surface area contributed by atoms with Crippen LogP contribution in [-0.4, -0.2) is 73.3 Å². The Morgan fingerprint density at radius 2 is 1.37 bits per heavy atom. The van der Waals surface area contributed by atoms with Crippen LogP contribution in [0.3, 0.4) is 0 Å². The number of halogens is 3. The minimum Gasteiger partial charge on any atom is -0.493 e. The van der Waals surface area contributed by atoms with Crippen molar-refractivity contribution < 1.29 is 37.0 Å². The number of rotatable bonds is 10. The molecule has 4 aromatic heterocycles. The molecule has 6 aromatic rings. The number of ether oxygens (including phenoxy) is 3. The first-order chi connectivity index (χ1) is 33.4. The first-order valence-electron chi connectivity index (χ1n) is 21.4. The number of benzene rings is 2. The van der Waals surface area contributed by atoms with E-state index in [9.17, 15) is 32.3 Å². The Balaban J connectivity index is 0.000000227. The minimum atomic E-state index is -4.81. The largest absolute Gasteiger partial charge is 0.493 e. The third kappa shape index (κ3) is 11.4. The summed E-state index contributed by atoms with van der Waals surface area (Å²) in [5, 5.41) is 22.9. The summed E-state index contributed by atoms with van der Waals surface area (Å²) in [6, 6.07) is 18.0. The molecule has 0 saturated carbocycles. The van der Waals surface area contributed by atoms with Gasteiger partial charge in [-0.05, 0) is 114 Å². The lowest BCUT2D eigenvalue weighted by molar-refractivity contribution is -0.144. The highest BCUT2D eigenvalue weighted by molar-refractivity contribution is 7.81. The lowest BCUT2D eigenvalue weighted by Gasteiger charge is -2.29. The standard InChI is InChI=1S/C24H20F3N5O3S.C16H21N3O4.C9H6N2S/c1-5-14-8-19(33)30-12-16(10-18(35-4)20(30)29-14)32-22(36)31(21(34)23(32,2)3)15-7-6-13(11-28)17(9-15)24(25,26)27;1-6-10-8-13(20)19-9-11(7-12(22-4)14(19)17-10)18-16(2,3)15(21)23-5;1-7-4-9(11-6-12)3-2-8(7)5-10/h6-10,12H,5H2,1-4H3;7-9,18H,6H2,1-5H3;2-4H,1H3. The van der Waals surface area contributed by atoms with Crippen LogP contribution in [-0.2, 0) is 33.3 Å². The quantitative estimate of drug-likeness (QED) is 0.0778. The van der Waals surface area contributed by atoms with Gasteiger partial charge in [0.1, 0.15) is 11.1 Å². The fourth-order valence-electron chi connectivity index (χ4n) is 7.30. The van der Waals surface area contributed by atoms with Gasteiger partial charge in [0.05, 0.1) is 78.1 Å². The molecular weight excluding hydrogens is 962 g/mol. The number of hydrogen-bond donors (Lipinski definition) is 1. The third-order valence-corrected chi connectivity index (χ3v) is 11.4. The van der Waals surface area contributed by atoms with Gasteiger partial charge in [-0.2, -0.15) is 28.7 Å². The van der Waals surface area contributed by atoms with Crippen molar-refractivity contribution in [2.45, 2.75) is 78.6 Å². The number of aryl methyl sites for hydroxylation is 3. The number of amides is 1. The van der Waals surface area contributed by atoms with E-state index >= 15 is 0 Å². The molecule has 17 nitrogen and oxygen atoms in total. The molecule has 22 heteroatoms. The number of aromatic nitrogens is 4. The van der Waals surface area contributed by atoms with Gasteiger partial charge in [0.25, 0.3) is 17.0 Å². The number of anilines is 3.